The fourth-order valence-electron chi connectivity index (χ4n) is 1.97. The fourth-order valence-corrected chi connectivity index (χ4v) is 1.97. The molecule has 0 unspecified atom stereocenters. The lowest BCUT2D eigenvalue weighted by Gasteiger charge is -2.20. The summed E-state index contributed by atoms with van der Waals surface area (Å²) >= 11 is 0. The normalized spacial score (nSPS) is 12.8. The van der Waals surface area contributed by atoms with Crippen molar-refractivity contribution >= 4 is 17.6 Å². The molecule has 3 N–H and O–H groups in total. The molecule has 0 saturated carbocycles. The van der Waals surface area contributed by atoms with Crippen molar-refractivity contribution < 1.29 is 14.3 Å². The van der Waals surface area contributed by atoms with Crippen molar-refractivity contribution in [2.24, 2.45) is 0 Å². The highest BCUT2D eigenvalue weighted by molar-refractivity contribution is 5.83. The van der Waals surface area contributed by atoms with Gasteiger partial charge < -0.3 is 15.8 Å². The van der Waals surface area contributed by atoms with Crippen molar-refractivity contribution in [3.63, 3.8) is 0 Å². The van der Waals surface area contributed by atoms with Gasteiger partial charge in [0.05, 0.1) is 6.61 Å². The number of carbonyl (C=O) groups is 2. The summed E-state index contributed by atoms with van der Waals surface area (Å²) in [5.41, 5.74) is 7.14. The van der Waals surface area contributed by atoms with Crippen LogP contribution in [0.3, 0.4) is 0 Å². The maximum atomic E-state index is 11.9. The third-order valence-electron chi connectivity index (χ3n) is 2.96. The Labute approximate surface area is 124 Å². The predicted molar refractivity (Wildman–Crippen MR) is 81.3 cm³/mol. The zero-order chi connectivity index (χ0) is 15.8. The van der Waals surface area contributed by atoms with Crippen LogP contribution in [0, 0.1) is 12.3 Å². The highest BCUT2D eigenvalue weighted by Gasteiger charge is 2.25. The van der Waals surface area contributed by atoms with E-state index in [1.807, 2.05) is 12.1 Å². The first kappa shape index (κ1) is 16.6. The number of esters is 1. The minimum atomic E-state index is -0.763. The van der Waals surface area contributed by atoms with Gasteiger partial charge in [-0.15, -0.1) is 6.42 Å². The summed E-state index contributed by atoms with van der Waals surface area (Å²) in [6, 6.07) is 6.36. The monoisotopic (exact) mass is 288 g/mol. The first-order valence-corrected chi connectivity index (χ1v) is 6.73. The lowest BCUT2D eigenvalue weighted by atomic mass is 9.92. The molecule has 5 nitrogen and oxygen atoms in total. The quantitative estimate of drug-likeness (QED) is 0.471. The molecule has 5 heteroatoms. The van der Waals surface area contributed by atoms with Crippen molar-refractivity contribution in [2.75, 3.05) is 12.3 Å². The molecule has 1 amide bonds. The van der Waals surface area contributed by atoms with Crippen LogP contribution in [0.25, 0.3) is 0 Å². The molecule has 0 radical (unpaired) electrons. The van der Waals surface area contributed by atoms with Crippen LogP contribution in [0.2, 0.25) is 0 Å². The zero-order valence-corrected chi connectivity index (χ0v) is 12.3. The maximum Gasteiger partial charge on any atom is 0.328 e. The van der Waals surface area contributed by atoms with Gasteiger partial charge in [-0.1, -0.05) is 18.1 Å². The van der Waals surface area contributed by atoms with E-state index in [4.69, 9.17) is 16.9 Å². The predicted octanol–water partition coefficient (Wildman–Crippen LogP) is 1.44. The molecule has 2 atom stereocenters. The average Bonchev–Trinajstić information content (AvgIpc) is 2.44. The van der Waals surface area contributed by atoms with Crippen LogP contribution < -0.4 is 11.1 Å². The van der Waals surface area contributed by atoms with Gasteiger partial charge in [-0.05, 0) is 31.0 Å². The first-order chi connectivity index (χ1) is 9.97. The van der Waals surface area contributed by atoms with Crippen molar-refractivity contribution in [3.8, 4) is 12.3 Å². The summed E-state index contributed by atoms with van der Waals surface area (Å²) in [5.74, 6) is 1.54. The van der Waals surface area contributed by atoms with E-state index in [1.165, 1.54) is 6.92 Å². The Kier molecular flexibility index (Phi) is 6.28. The second-order valence-corrected chi connectivity index (χ2v) is 4.63. The molecule has 0 saturated heterocycles. The van der Waals surface area contributed by atoms with Gasteiger partial charge in [-0.2, -0.15) is 0 Å². The molecule has 21 heavy (non-hydrogen) atoms. The van der Waals surface area contributed by atoms with E-state index in [1.54, 1.807) is 19.1 Å². The van der Waals surface area contributed by atoms with E-state index in [2.05, 4.69) is 11.2 Å². The number of terminal acetylenes is 1. The highest BCUT2D eigenvalue weighted by atomic mass is 16.5. The molecule has 0 aromatic heterocycles. The molecule has 0 spiro atoms. The molecule has 112 valence electrons. The summed E-state index contributed by atoms with van der Waals surface area (Å²) in [4.78, 5) is 23.1. The second kappa shape index (κ2) is 7.95. The molecule has 1 rings (SSSR count). The van der Waals surface area contributed by atoms with E-state index in [-0.39, 0.29) is 24.9 Å². The van der Waals surface area contributed by atoms with Crippen LogP contribution in [-0.2, 0) is 14.3 Å². The molecule has 0 aliphatic rings. The maximum absolute atomic E-state index is 11.9. The van der Waals surface area contributed by atoms with Crippen LogP contribution in [-0.4, -0.2) is 24.5 Å². The van der Waals surface area contributed by atoms with E-state index < -0.39 is 12.0 Å². The molecule has 0 bridgehead atoms. The molecule has 1 aromatic carbocycles. The molecule has 0 aliphatic carbocycles. The van der Waals surface area contributed by atoms with Gasteiger partial charge in [0.25, 0.3) is 0 Å². The topological polar surface area (TPSA) is 81.4 Å². The van der Waals surface area contributed by atoms with E-state index in [9.17, 15) is 9.59 Å². The summed E-state index contributed by atoms with van der Waals surface area (Å²) in [6.07, 6.45) is 5.83. The number of amides is 1. The summed E-state index contributed by atoms with van der Waals surface area (Å²) < 4.78 is 4.96. The van der Waals surface area contributed by atoms with Gasteiger partial charge in [0, 0.05) is 18.5 Å². The standard InChI is InChI=1S/C16H20N2O3/c1-4-12(13-6-8-14(17)9-7-13)10-15(18-11(3)19)16(20)21-5-2/h1,6-9,12,15H,5,10,17H2,2-3H3,(H,18,19)/t12-,15-/m1/s1. The number of nitrogens with one attached hydrogen (secondary N) is 1. The van der Waals surface area contributed by atoms with Crippen molar-refractivity contribution in [1.82, 2.24) is 5.32 Å². The summed E-state index contributed by atoms with van der Waals surface area (Å²) in [5, 5.41) is 2.58. The highest BCUT2D eigenvalue weighted by Crippen LogP contribution is 2.22. The van der Waals surface area contributed by atoms with Gasteiger partial charge in [0.2, 0.25) is 5.91 Å². The van der Waals surface area contributed by atoms with Crippen LogP contribution in [0.4, 0.5) is 5.69 Å². The number of rotatable bonds is 6. The van der Waals surface area contributed by atoms with Crippen molar-refractivity contribution in [1.29, 1.82) is 0 Å². The Morgan fingerprint density at radius 1 is 1.38 bits per heavy atom. The van der Waals surface area contributed by atoms with E-state index in [0.29, 0.717) is 5.69 Å². The Hall–Kier alpha value is -2.48. The third kappa shape index (κ3) is 5.19. The van der Waals surface area contributed by atoms with Crippen LogP contribution >= 0.6 is 0 Å². The van der Waals surface area contributed by atoms with Crippen LogP contribution in [0.1, 0.15) is 31.7 Å². The summed E-state index contributed by atoms with van der Waals surface area (Å²) in [6.45, 7) is 3.30. The third-order valence-corrected chi connectivity index (χ3v) is 2.96. The van der Waals surface area contributed by atoms with Crippen molar-refractivity contribution in [2.45, 2.75) is 32.2 Å². The van der Waals surface area contributed by atoms with E-state index >= 15 is 0 Å². The van der Waals surface area contributed by atoms with E-state index in [0.717, 1.165) is 5.56 Å². The van der Waals surface area contributed by atoms with Crippen LogP contribution in [0.5, 0.6) is 0 Å². The number of hydrogen-bond acceptors (Lipinski definition) is 4. The van der Waals surface area contributed by atoms with Gasteiger partial charge in [-0.3, -0.25) is 4.79 Å². The molecule has 1 aromatic rings. The fraction of sp³-hybridized carbons (Fsp3) is 0.375. The van der Waals surface area contributed by atoms with Gasteiger partial charge in [-0.25, -0.2) is 4.79 Å². The average molecular weight is 288 g/mol. The van der Waals surface area contributed by atoms with Gasteiger partial charge >= 0.3 is 5.97 Å². The largest absolute Gasteiger partial charge is 0.464 e. The number of benzene rings is 1. The van der Waals surface area contributed by atoms with Gasteiger partial charge in [0.1, 0.15) is 6.04 Å². The number of carbonyl (C=O) groups excluding carboxylic acids is 2. The lowest BCUT2D eigenvalue weighted by Crippen LogP contribution is -2.41. The number of ether oxygens (including phenoxy) is 1. The minimum absolute atomic E-state index is 0.248. The number of nitrogens with two attached hydrogens (primary N) is 1. The molecule has 0 aliphatic heterocycles. The molecule has 0 fully saturated rings. The second-order valence-electron chi connectivity index (χ2n) is 4.63. The molecular formula is C16H20N2O3. The Balaban J connectivity index is 2.88. The number of nitrogen functional groups attached to an aromatic ring is 1. The van der Waals surface area contributed by atoms with Crippen molar-refractivity contribution in [3.05, 3.63) is 29.8 Å². The molecular weight excluding hydrogens is 268 g/mol. The first-order valence-electron chi connectivity index (χ1n) is 6.73. The smallest absolute Gasteiger partial charge is 0.328 e. The minimum Gasteiger partial charge on any atom is -0.464 e. The van der Waals surface area contributed by atoms with Gasteiger partial charge in [0.15, 0.2) is 0 Å². The number of hydrogen-bond donors (Lipinski definition) is 2. The zero-order valence-electron chi connectivity index (χ0n) is 12.3. The van der Waals surface area contributed by atoms with Crippen LogP contribution in [0.15, 0.2) is 24.3 Å². The number of anilines is 1. The molecule has 0 heterocycles. The Morgan fingerprint density at radius 2 is 2.00 bits per heavy atom. The summed E-state index contributed by atoms with van der Waals surface area (Å²) in [7, 11) is 0. The Bertz CT molecular complexity index is 531. The lowest BCUT2D eigenvalue weighted by molar-refractivity contribution is -0.147. The SMILES string of the molecule is C#C[C@H](C[C@@H](NC(C)=O)C(=O)OCC)c1ccc(N)cc1. The Morgan fingerprint density at radius 3 is 2.48 bits per heavy atom.